The molecule has 0 saturated heterocycles. The highest BCUT2D eigenvalue weighted by molar-refractivity contribution is 6.05. The number of benzene rings is 1. The van der Waals surface area contributed by atoms with Crippen LogP contribution in [0.5, 0.6) is 0 Å². The second-order valence-corrected chi connectivity index (χ2v) is 5.42. The number of hydrogen-bond acceptors (Lipinski definition) is 4. The lowest BCUT2D eigenvalue weighted by atomic mass is 10.2. The summed E-state index contributed by atoms with van der Waals surface area (Å²) in [6.45, 7) is -4.19. The second kappa shape index (κ2) is 8.21. The molecule has 0 saturated carbocycles. The van der Waals surface area contributed by atoms with Crippen LogP contribution in [0.25, 0.3) is 0 Å². The van der Waals surface area contributed by atoms with Crippen LogP contribution in [0.3, 0.4) is 0 Å². The number of anilines is 2. The number of hydrogen-bond donors (Lipinski definition) is 1. The molecular weight excluding hydrogens is 408 g/mol. The minimum Gasteiger partial charge on any atom is -0.439 e. The SMILES string of the molecule is Cl.NC1CN(C(=O)OCC(F)(F)F)c2ccccc2N(CC(F)(F)F)C1=O. The van der Waals surface area contributed by atoms with E-state index in [1.54, 1.807) is 0 Å². The maximum Gasteiger partial charge on any atom is 0.422 e. The molecule has 1 atom stereocenters. The number of ether oxygens (including phenoxy) is 1. The summed E-state index contributed by atoms with van der Waals surface area (Å²) in [6.07, 6.45) is -11.0. The van der Waals surface area contributed by atoms with E-state index in [0.717, 1.165) is 6.07 Å². The largest absolute Gasteiger partial charge is 0.439 e. The van der Waals surface area contributed by atoms with Gasteiger partial charge in [-0.1, -0.05) is 12.1 Å². The number of carbonyl (C=O) groups excluding carboxylic acids is 2. The van der Waals surface area contributed by atoms with Gasteiger partial charge in [-0.15, -0.1) is 12.4 Å². The maximum absolute atomic E-state index is 12.8. The molecule has 1 aliphatic rings. The van der Waals surface area contributed by atoms with Gasteiger partial charge in [0.2, 0.25) is 5.91 Å². The summed E-state index contributed by atoms with van der Waals surface area (Å²) in [6, 6.07) is 3.38. The molecule has 13 heteroatoms. The second-order valence-electron chi connectivity index (χ2n) is 5.42. The highest BCUT2D eigenvalue weighted by atomic mass is 35.5. The number of rotatable bonds is 2. The number of alkyl halides is 6. The van der Waals surface area contributed by atoms with Gasteiger partial charge in [-0.25, -0.2) is 4.79 Å². The Morgan fingerprint density at radius 3 is 2.19 bits per heavy atom. The molecule has 0 fully saturated rings. The minimum atomic E-state index is -4.79. The van der Waals surface area contributed by atoms with Crippen molar-refractivity contribution in [3.8, 4) is 0 Å². The van der Waals surface area contributed by atoms with E-state index in [2.05, 4.69) is 4.74 Å². The Kier molecular flexibility index (Phi) is 6.94. The van der Waals surface area contributed by atoms with Crippen LogP contribution in [0, 0.1) is 0 Å². The first kappa shape index (κ1) is 22.8. The third kappa shape index (κ3) is 5.89. The molecule has 0 aromatic heterocycles. The van der Waals surface area contributed by atoms with Gasteiger partial charge in [0.25, 0.3) is 0 Å². The summed E-state index contributed by atoms with van der Waals surface area (Å²) in [4.78, 5) is 25.2. The fourth-order valence-electron chi connectivity index (χ4n) is 2.35. The number of nitrogens with zero attached hydrogens (tertiary/aromatic N) is 2. The van der Waals surface area contributed by atoms with Crippen molar-refractivity contribution in [2.45, 2.75) is 18.4 Å². The first-order chi connectivity index (χ1) is 11.9. The lowest BCUT2D eigenvalue weighted by Gasteiger charge is -2.25. The number of para-hydroxylation sites is 2. The van der Waals surface area contributed by atoms with Gasteiger partial charge in [0, 0.05) is 0 Å². The van der Waals surface area contributed by atoms with Gasteiger partial charge in [0.15, 0.2) is 6.61 Å². The zero-order chi connectivity index (χ0) is 19.7. The van der Waals surface area contributed by atoms with E-state index < -0.39 is 50.1 Å². The normalized spacial score (nSPS) is 17.7. The van der Waals surface area contributed by atoms with Crippen LogP contribution in [0.2, 0.25) is 0 Å². The number of amides is 2. The van der Waals surface area contributed by atoms with Crippen LogP contribution < -0.4 is 15.5 Å². The highest BCUT2D eigenvalue weighted by Gasteiger charge is 2.41. The van der Waals surface area contributed by atoms with Crippen LogP contribution in [0.15, 0.2) is 24.3 Å². The smallest absolute Gasteiger partial charge is 0.422 e. The Morgan fingerprint density at radius 1 is 1.11 bits per heavy atom. The Labute approximate surface area is 155 Å². The molecule has 2 amide bonds. The Balaban J connectivity index is 0.00000364. The molecule has 1 heterocycles. The fourth-order valence-corrected chi connectivity index (χ4v) is 2.35. The van der Waals surface area contributed by atoms with Crippen molar-refractivity contribution in [2.75, 3.05) is 29.5 Å². The molecule has 2 rings (SSSR count). The maximum atomic E-state index is 12.8. The molecule has 6 nitrogen and oxygen atoms in total. The van der Waals surface area contributed by atoms with E-state index >= 15 is 0 Å². The summed E-state index contributed by atoms with van der Waals surface area (Å²) in [5, 5.41) is 0. The first-order valence-electron chi connectivity index (χ1n) is 7.13. The summed E-state index contributed by atoms with van der Waals surface area (Å²) < 4.78 is 79.3. The summed E-state index contributed by atoms with van der Waals surface area (Å²) in [5.74, 6) is -1.12. The Hall–Kier alpha value is -2.21. The van der Waals surface area contributed by atoms with Crippen molar-refractivity contribution in [1.82, 2.24) is 0 Å². The number of fused-ring (bicyclic) bond motifs is 1. The van der Waals surface area contributed by atoms with E-state index in [1.807, 2.05) is 0 Å². The van der Waals surface area contributed by atoms with Crippen LogP contribution >= 0.6 is 12.4 Å². The van der Waals surface area contributed by atoms with Crippen LogP contribution in [0.1, 0.15) is 0 Å². The quantitative estimate of drug-likeness (QED) is 0.745. The van der Waals surface area contributed by atoms with Gasteiger partial charge in [-0.3, -0.25) is 14.6 Å². The molecule has 0 spiro atoms. The van der Waals surface area contributed by atoms with E-state index in [4.69, 9.17) is 5.73 Å². The Bertz CT molecular complexity index is 697. The van der Waals surface area contributed by atoms with E-state index in [0.29, 0.717) is 9.80 Å². The first-order valence-corrected chi connectivity index (χ1v) is 7.13. The average molecular weight is 422 g/mol. The van der Waals surface area contributed by atoms with Gasteiger partial charge in [-0.05, 0) is 12.1 Å². The number of halogens is 7. The summed E-state index contributed by atoms with van der Waals surface area (Å²) >= 11 is 0. The molecule has 1 unspecified atom stereocenters. The van der Waals surface area contributed by atoms with Crippen LogP contribution in [0.4, 0.5) is 42.5 Å². The molecule has 2 N–H and O–H groups in total. The van der Waals surface area contributed by atoms with E-state index in [-0.39, 0.29) is 23.8 Å². The molecule has 1 aromatic carbocycles. The number of carbonyl (C=O) groups is 2. The predicted octanol–water partition coefficient (Wildman–Crippen LogP) is 2.85. The Morgan fingerprint density at radius 2 is 1.67 bits per heavy atom. The van der Waals surface area contributed by atoms with Crippen LogP contribution in [-0.4, -0.2) is 50.1 Å². The standard InChI is InChI=1S/C14H13F6N3O3.ClH/c15-13(16,17)6-23-10-4-2-1-3-9(10)22(5-8(21)11(23)24)12(25)26-7-14(18,19)20;/h1-4,8H,5-7,21H2;1H. The molecule has 1 aromatic rings. The van der Waals surface area contributed by atoms with Crippen molar-refractivity contribution < 1.29 is 40.7 Å². The summed E-state index contributed by atoms with van der Waals surface area (Å²) in [5.41, 5.74) is 5.02. The monoisotopic (exact) mass is 421 g/mol. The molecule has 0 bridgehead atoms. The fraction of sp³-hybridized carbons (Fsp3) is 0.429. The van der Waals surface area contributed by atoms with Gasteiger partial charge >= 0.3 is 18.4 Å². The average Bonchev–Trinajstić information content (AvgIpc) is 2.62. The van der Waals surface area contributed by atoms with Crippen molar-refractivity contribution in [3.63, 3.8) is 0 Å². The van der Waals surface area contributed by atoms with E-state index in [1.165, 1.54) is 18.2 Å². The molecule has 0 aliphatic carbocycles. The van der Waals surface area contributed by atoms with E-state index in [9.17, 15) is 35.9 Å². The third-order valence-corrected chi connectivity index (χ3v) is 3.34. The van der Waals surface area contributed by atoms with Gasteiger partial charge < -0.3 is 10.5 Å². The topological polar surface area (TPSA) is 75.9 Å². The molecule has 0 radical (unpaired) electrons. The predicted molar refractivity (Wildman–Crippen MR) is 84.8 cm³/mol. The zero-order valence-corrected chi connectivity index (χ0v) is 14.2. The zero-order valence-electron chi connectivity index (χ0n) is 13.4. The van der Waals surface area contributed by atoms with Crippen molar-refractivity contribution >= 4 is 35.8 Å². The van der Waals surface area contributed by atoms with Gasteiger partial charge in [0.05, 0.1) is 17.9 Å². The molecule has 27 heavy (non-hydrogen) atoms. The van der Waals surface area contributed by atoms with Crippen LogP contribution in [-0.2, 0) is 9.53 Å². The highest BCUT2D eigenvalue weighted by Crippen LogP contribution is 2.35. The van der Waals surface area contributed by atoms with Crippen molar-refractivity contribution in [2.24, 2.45) is 5.73 Å². The van der Waals surface area contributed by atoms with Gasteiger partial charge in [0.1, 0.15) is 12.6 Å². The molecule has 152 valence electrons. The summed E-state index contributed by atoms with van der Waals surface area (Å²) in [7, 11) is 0. The minimum absolute atomic E-state index is 0. The van der Waals surface area contributed by atoms with Crippen molar-refractivity contribution in [1.29, 1.82) is 0 Å². The third-order valence-electron chi connectivity index (χ3n) is 3.34. The van der Waals surface area contributed by atoms with Gasteiger partial charge in [-0.2, -0.15) is 26.3 Å². The van der Waals surface area contributed by atoms with Crippen molar-refractivity contribution in [3.05, 3.63) is 24.3 Å². The lowest BCUT2D eigenvalue weighted by Crippen LogP contribution is -2.50. The lowest BCUT2D eigenvalue weighted by molar-refractivity contribution is -0.159. The molecular formula is C14H14ClF6N3O3. The number of nitrogens with two attached hydrogens (primary N) is 1. The molecule has 1 aliphatic heterocycles.